The Labute approximate surface area is 715 Å². The summed E-state index contributed by atoms with van der Waals surface area (Å²) in [5, 5.41) is 18.7. The average molecular weight is 1690 g/mol. The number of likely N-dealkylation sites (tertiary alicyclic amines) is 4. The number of hydrogen-bond donors (Lipinski definition) is 2. The molecule has 10 aromatic rings. The van der Waals surface area contributed by atoms with Crippen molar-refractivity contribution in [3.05, 3.63) is 288 Å². The Kier molecular flexibility index (Phi) is 25.2. The van der Waals surface area contributed by atoms with Gasteiger partial charge in [-0.25, -0.2) is 27.2 Å². The normalized spacial score (nSPS) is 23.8. The monoisotopic (exact) mass is 1690 g/mol. The van der Waals surface area contributed by atoms with Gasteiger partial charge in [-0.2, -0.15) is 8.42 Å². The molecule has 0 radical (unpaired) electrons. The van der Waals surface area contributed by atoms with Gasteiger partial charge in [0.15, 0.2) is 34.5 Å². The number of phenols is 1. The molecule has 0 saturated carbocycles. The van der Waals surface area contributed by atoms with E-state index in [9.17, 15) is 40.7 Å². The first-order valence-electron chi connectivity index (χ1n) is 45.0. The zero-order chi connectivity index (χ0) is 96.2. The predicted octanol–water partition coefficient (Wildman–Crippen LogP) is 17.6. The van der Waals surface area contributed by atoms with Crippen LogP contribution in [0.4, 0.5) is 27.2 Å². The first-order valence-corrected chi connectivity index (χ1v) is 39.8. The molecule has 119 heavy (non-hydrogen) atoms. The van der Waals surface area contributed by atoms with Crippen LogP contribution in [0.2, 0.25) is 0 Å². The van der Waals surface area contributed by atoms with Gasteiger partial charge in [-0.3, -0.25) is 4.18 Å². The van der Waals surface area contributed by atoms with E-state index in [4.69, 9.17) is 82.7 Å². The number of carbonyl (C=O) groups excluding carboxylic acids is 2. The van der Waals surface area contributed by atoms with Crippen molar-refractivity contribution in [2.24, 2.45) is 23.7 Å². The summed E-state index contributed by atoms with van der Waals surface area (Å²) in [6, 6.07) is 61.8. The van der Waals surface area contributed by atoms with E-state index in [0.29, 0.717) is 56.3 Å². The molecule has 0 unspecified atom stereocenters. The molecule has 8 atom stereocenters. The van der Waals surface area contributed by atoms with Gasteiger partial charge in [0.2, 0.25) is 20.2 Å². The van der Waals surface area contributed by atoms with E-state index in [2.05, 4.69) is 9.64 Å². The molecule has 10 aromatic carbocycles. The standard InChI is InChI=1S/C26H24FNO5.C20H22FNO3.C19H22FNO3S.C13H18FNO.C7H5ClO2.C7H6O3/c27-20-8-6-18(7-9-20)23-12-13-28(26(29)33-21-4-2-1-3-5-21)15-19(23)16-30-22-10-11-24-25(14-22)32-17-31-24;1-22-9-8-18(14-2-4-16(21)5-3-14)15(11-22)12-23-17-6-7-19-20(10-17)25-13-24-19;1-21-12-11-19(15-7-9-17(20)10-8-15)16(13-21)14-24-25(22,23)18-5-3-2-4-6-18;1-15-7-6-13(11(8-15)9-16)10-2-4-12(14)5-3-10;8-7(9)10-6-4-2-1-3-5-6;8-5-1-2-6-7(3-5)10-4-9-6/h1-11,14,19,23H,12-13,15-17H2;2-7,10,15,18H,8-9,11-13H2,1H3;2-10,16,19H,11-14H2,1H3;2-5,11,13,16H,6-9H2,1H3;1-5H;1-3,8H,4H2/t19-,23-;15-,18-;16-,19-;11-,13-;;/m0000../s1/i16D2,17D2;12D2,13D2;14D2;9D2;;4D2. The lowest BCUT2D eigenvalue weighted by atomic mass is 9.81. The lowest BCUT2D eigenvalue weighted by molar-refractivity contribution is 0.0981. The number of phenolic OH excluding ortho intramolecular Hbond substituents is 1. The summed E-state index contributed by atoms with van der Waals surface area (Å²) in [6.45, 7) is -11.6. The van der Waals surface area contributed by atoms with E-state index in [-0.39, 0.29) is 98.6 Å². The van der Waals surface area contributed by atoms with Crippen LogP contribution in [0.25, 0.3) is 0 Å². The molecule has 17 rings (SSSR count). The molecular formula is C92H97ClF4N4O17S. The molecule has 0 bridgehead atoms. The maximum atomic E-state index is 13.6. The van der Waals surface area contributed by atoms with Crippen molar-refractivity contribution in [2.75, 3.05) is 120 Å². The van der Waals surface area contributed by atoms with E-state index in [1.54, 1.807) is 121 Å². The van der Waals surface area contributed by atoms with Crippen LogP contribution in [-0.4, -0.2) is 170 Å². The Balaban J connectivity index is 0.000000151. The lowest BCUT2D eigenvalue weighted by Crippen LogP contribution is -2.46. The highest BCUT2D eigenvalue weighted by molar-refractivity contribution is 7.86. The van der Waals surface area contributed by atoms with E-state index in [0.717, 1.165) is 54.7 Å². The summed E-state index contributed by atoms with van der Waals surface area (Å²) in [5.41, 5.74) is 2.47. The maximum absolute atomic E-state index is 13.6. The second-order valence-electron chi connectivity index (χ2n) is 28.5. The van der Waals surface area contributed by atoms with Gasteiger partial charge in [0.05, 0.1) is 35.5 Å². The number of aliphatic hydroxyl groups is 1. The quantitative estimate of drug-likeness (QED) is 0.0491. The summed E-state index contributed by atoms with van der Waals surface area (Å²) >= 11 is 4.95. The number of para-hydroxylation sites is 2. The van der Waals surface area contributed by atoms with Crippen LogP contribution in [-0.2, 0) is 14.3 Å². The van der Waals surface area contributed by atoms with Gasteiger partial charge in [0.1, 0.15) is 60.2 Å². The fourth-order valence-electron chi connectivity index (χ4n) is 14.1. The van der Waals surface area contributed by atoms with Gasteiger partial charge in [0.25, 0.3) is 10.1 Å². The minimum atomic E-state index is -4.25. The van der Waals surface area contributed by atoms with Gasteiger partial charge in [-0.15, -0.1) is 0 Å². The second-order valence-corrected chi connectivity index (χ2v) is 30.4. The zero-order valence-corrected chi connectivity index (χ0v) is 66.4. The Hall–Kier alpha value is -11.1. The van der Waals surface area contributed by atoms with Crippen LogP contribution in [0.15, 0.2) is 248 Å². The minimum Gasteiger partial charge on any atom is -0.508 e. The number of halogens is 5. The van der Waals surface area contributed by atoms with E-state index in [1.807, 2.05) is 37.0 Å². The SMILES string of the molecule is O=C(Cl)Oc1ccccc1.[2H]C([2H])(O)[C@@H]1CN(C)CC[C@H]1c1ccc(F)cc1.[2H]C([2H])(OS(=O)(=O)c1ccccc1)[C@@H]1CN(C)CC[C@H]1c1ccc(F)cc1.[2H]C1([2H])Oc2ccc(O)cc2O1.[2H]C1([2H])Oc2ccc(OC([2H])([2H])[C@@H]3CN(C(=O)Oc4ccccc4)CC[C@H]3c3ccc(F)cc3)cc2O1.[2H]C1([2H])Oc2ccc(OC([2H])([2H])[C@@H]3CN(C)CC[C@H]3c3ccc(F)cc3)cc2O1. The highest BCUT2D eigenvalue weighted by Crippen LogP contribution is 2.42. The molecule has 21 nitrogen and oxygen atoms in total. The molecule has 0 spiro atoms. The van der Waals surface area contributed by atoms with Crippen molar-refractivity contribution in [1.82, 2.24) is 19.6 Å². The number of carbonyl (C=O) groups is 2. The van der Waals surface area contributed by atoms with Crippen molar-refractivity contribution in [1.29, 1.82) is 0 Å². The third-order valence-electron chi connectivity index (χ3n) is 20.2. The number of amides is 1. The number of rotatable bonds is 17. The van der Waals surface area contributed by atoms with Crippen LogP contribution in [0.5, 0.6) is 63.2 Å². The predicted molar refractivity (Wildman–Crippen MR) is 441 cm³/mol. The summed E-state index contributed by atoms with van der Waals surface area (Å²) in [6.07, 6.45) is 1.94. The van der Waals surface area contributed by atoms with Crippen molar-refractivity contribution < 1.29 is 117 Å². The van der Waals surface area contributed by atoms with Crippen LogP contribution < -0.4 is 47.4 Å². The summed E-state index contributed by atoms with van der Waals surface area (Å²) in [4.78, 5) is 30.4. The lowest BCUT2D eigenvalue weighted by Gasteiger charge is -2.38. The van der Waals surface area contributed by atoms with Gasteiger partial charge >= 0.3 is 11.5 Å². The molecule has 0 aliphatic carbocycles. The number of nitrogens with zero attached hydrogens (tertiary/aromatic N) is 4. The molecule has 7 heterocycles. The van der Waals surface area contributed by atoms with Gasteiger partial charge < -0.3 is 77.2 Å². The molecule has 7 aliphatic rings. The Morgan fingerprint density at radius 3 is 1.18 bits per heavy atom. The fraction of sp³-hybridized carbons (Fsp3) is 0.326. The molecule has 2 N–H and O–H groups in total. The highest BCUT2D eigenvalue weighted by atomic mass is 35.5. The molecule has 1 amide bonds. The Morgan fingerprint density at radius 1 is 0.429 bits per heavy atom. The fourth-order valence-corrected chi connectivity index (χ4v) is 15.0. The molecule has 4 saturated heterocycles. The Bertz CT molecular complexity index is 5690. The molecular weight excluding hydrogens is 1580 g/mol. The van der Waals surface area contributed by atoms with Crippen LogP contribution in [0, 0.1) is 46.9 Å². The molecule has 27 heteroatoms. The zero-order valence-electron chi connectivity index (χ0n) is 78.8. The summed E-state index contributed by atoms with van der Waals surface area (Å²) in [7, 11) is 1.46. The number of piperidine rings is 4. The topological polar surface area (TPSA) is 223 Å². The van der Waals surface area contributed by atoms with Gasteiger partial charge in [-0.1, -0.05) is 103 Å². The van der Waals surface area contributed by atoms with Crippen molar-refractivity contribution in [3.63, 3.8) is 0 Å². The van der Waals surface area contributed by atoms with Crippen LogP contribution >= 0.6 is 11.6 Å². The van der Waals surface area contributed by atoms with Crippen molar-refractivity contribution in [3.8, 4) is 63.2 Å². The number of aromatic hydroxyl groups is 1. The third-order valence-corrected chi connectivity index (χ3v) is 21.5. The van der Waals surface area contributed by atoms with Crippen molar-refractivity contribution >= 4 is 33.2 Å². The highest BCUT2D eigenvalue weighted by Gasteiger charge is 2.36. The molecule has 0 aromatic heterocycles. The maximum Gasteiger partial charge on any atom is 0.415 e. The Morgan fingerprint density at radius 2 is 0.773 bits per heavy atom. The number of fused-ring (bicyclic) bond motifs is 3. The second kappa shape index (κ2) is 43.0. The molecule has 4 fully saturated rings. The van der Waals surface area contributed by atoms with Gasteiger partial charge in [-0.05, 0) is 234 Å². The molecule has 628 valence electrons. The van der Waals surface area contributed by atoms with Crippen molar-refractivity contribution in [2.45, 2.75) is 54.3 Å². The summed E-state index contributed by atoms with van der Waals surface area (Å²) in [5.74, 6) is -2.37. The largest absolute Gasteiger partial charge is 0.508 e. The average Bonchev–Trinajstić information content (AvgIpc) is 1.76. The first kappa shape index (κ1) is 69.8. The van der Waals surface area contributed by atoms with E-state index < -0.39 is 97.6 Å². The van der Waals surface area contributed by atoms with E-state index in [1.165, 1.54) is 120 Å². The first-order chi connectivity index (χ1) is 62.6. The minimum absolute atomic E-state index is 0.00614. The van der Waals surface area contributed by atoms with Crippen LogP contribution in [0.3, 0.4) is 0 Å². The molecule has 7 aliphatic heterocycles. The summed E-state index contributed by atoms with van der Waals surface area (Å²) < 4.78 is 246. The smallest absolute Gasteiger partial charge is 0.415 e. The van der Waals surface area contributed by atoms with Crippen LogP contribution in [0.1, 0.15) is 90.8 Å². The third kappa shape index (κ3) is 25.7. The number of benzene rings is 10. The number of hydrogen-bond acceptors (Lipinski definition) is 20. The van der Waals surface area contributed by atoms with Gasteiger partial charge in [0, 0.05) is 92.8 Å². The van der Waals surface area contributed by atoms with E-state index >= 15 is 0 Å². The number of ether oxygens (including phenoxy) is 10.